The van der Waals surface area contributed by atoms with Crippen molar-refractivity contribution in [3.63, 3.8) is 0 Å². The fourth-order valence-electron chi connectivity index (χ4n) is 1.11. The summed E-state index contributed by atoms with van der Waals surface area (Å²) in [4.78, 5) is 2.33. The molecule has 0 spiro atoms. The van der Waals surface area contributed by atoms with E-state index in [0.29, 0.717) is 5.37 Å². The molecule has 0 aromatic rings. The number of rotatable bonds is 4. The third-order valence-corrected chi connectivity index (χ3v) is 3.05. The zero-order valence-corrected chi connectivity index (χ0v) is 8.95. The van der Waals surface area contributed by atoms with Crippen LogP contribution in [0.1, 0.15) is 20.3 Å². The predicted octanol–water partition coefficient (Wildman–Crippen LogP) is 1.85. The first-order chi connectivity index (χ1) is 5.72. The Morgan fingerprint density at radius 2 is 2.42 bits per heavy atom. The van der Waals surface area contributed by atoms with Crippen molar-refractivity contribution in [2.75, 3.05) is 20.1 Å². The van der Waals surface area contributed by atoms with E-state index in [9.17, 15) is 0 Å². The number of hydrogen-bond acceptors (Lipinski definition) is 3. The summed E-state index contributed by atoms with van der Waals surface area (Å²) in [5, 5.41) is 6.25. The van der Waals surface area contributed by atoms with Gasteiger partial charge in [-0.3, -0.25) is 0 Å². The van der Waals surface area contributed by atoms with Gasteiger partial charge in [-0.2, -0.15) is 0 Å². The summed E-state index contributed by atoms with van der Waals surface area (Å²) in [5.74, 6) is 0. The van der Waals surface area contributed by atoms with Crippen molar-refractivity contribution in [3.8, 4) is 0 Å². The molecule has 0 aromatic heterocycles. The topological polar surface area (TPSA) is 15.3 Å². The SMILES string of the molecule is CCN(C)CCC1=CSC(C)N1. The highest BCUT2D eigenvalue weighted by Gasteiger charge is 2.10. The highest BCUT2D eigenvalue weighted by Crippen LogP contribution is 2.21. The second-order valence-electron chi connectivity index (χ2n) is 3.21. The number of nitrogens with one attached hydrogen (secondary N) is 1. The van der Waals surface area contributed by atoms with Crippen LogP contribution in [0, 0.1) is 0 Å². The van der Waals surface area contributed by atoms with Gasteiger partial charge in [-0.15, -0.1) is 11.8 Å². The summed E-state index contributed by atoms with van der Waals surface area (Å²) in [6, 6.07) is 0. The minimum atomic E-state index is 0.576. The van der Waals surface area contributed by atoms with Gasteiger partial charge in [-0.25, -0.2) is 0 Å². The van der Waals surface area contributed by atoms with Gasteiger partial charge in [0.05, 0.1) is 5.37 Å². The first kappa shape index (κ1) is 9.93. The first-order valence-electron chi connectivity index (χ1n) is 4.52. The van der Waals surface area contributed by atoms with Crippen molar-refractivity contribution in [2.24, 2.45) is 0 Å². The Morgan fingerprint density at radius 3 is 2.92 bits per heavy atom. The summed E-state index contributed by atoms with van der Waals surface area (Å²) in [6.07, 6.45) is 1.15. The van der Waals surface area contributed by atoms with E-state index in [0.717, 1.165) is 19.5 Å². The van der Waals surface area contributed by atoms with Crippen molar-refractivity contribution < 1.29 is 0 Å². The molecule has 0 saturated carbocycles. The van der Waals surface area contributed by atoms with Gasteiger partial charge < -0.3 is 10.2 Å². The standard InChI is InChI=1S/C9H18N2S/c1-4-11(3)6-5-9-7-12-8(2)10-9/h7-8,10H,4-6H2,1-3H3. The van der Waals surface area contributed by atoms with Crippen LogP contribution in [0.15, 0.2) is 11.1 Å². The van der Waals surface area contributed by atoms with E-state index < -0.39 is 0 Å². The van der Waals surface area contributed by atoms with Gasteiger partial charge in [-0.1, -0.05) is 6.92 Å². The predicted molar refractivity (Wildman–Crippen MR) is 56.1 cm³/mol. The monoisotopic (exact) mass is 186 g/mol. The molecule has 1 aliphatic heterocycles. The minimum Gasteiger partial charge on any atom is -0.376 e. The molecule has 1 aliphatic rings. The molecule has 0 amide bonds. The lowest BCUT2D eigenvalue weighted by atomic mass is 10.3. The highest BCUT2D eigenvalue weighted by atomic mass is 32.2. The maximum atomic E-state index is 3.43. The van der Waals surface area contributed by atoms with Crippen LogP contribution in [0.25, 0.3) is 0 Å². The van der Waals surface area contributed by atoms with Gasteiger partial charge >= 0.3 is 0 Å². The van der Waals surface area contributed by atoms with Gasteiger partial charge in [0.15, 0.2) is 0 Å². The molecule has 1 unspecified atom stereocenters. The van der Waals surface area contributed by atoms with E-state index in [1.54, 1.807) is 0 Å². The summed E-state index contributed by atoms with van der Waals surface area (Å²) >= 11 is 1.87. The molecule has 0 aliphatic carbocycles. The summed E-state index contributed by atoms with van der Waals surface area (Å²) in [6.45, 7) is 6.67. The Balaban J connectivity index is 2.16. The van der Waals surface area contributed by atoms with E-state index in [4.69, 9.17) is 0 Å². The maximum Gasteiger partial charge on any atom is 0.0732 e. The van der Waals surface area contributed by atoms with Crippen molar-refractivity contribution in [2.45, 2.75) is 25.6 Å². The molecular weight excluding hydrogens is 168 g/mol. The number of hydrogen-bond donors (Lipinski definition) is 1. The fraction of sp³-hybridized carbons (Fsp3) is 0.778. The van der Waals surface area contributed by atoms with Gasteiger partial charge in [0, 0.05) is 18.7 Å². The second kappa shape index (κ2) is 4.77. The van der Waals surface area contributed by atoms with Crippen LogP contribution >= 0.6 is 11.8 Å². The van der Waals surface area contributed by atoms with Crippen LogP contribution in [0.4, 0.5) is 0 Å². The van der Waals surface area contributed by atoms with Crippen LogP contribution in [0.3, 0.4) is 0 Å². The highest BCUT2D eigenvalue weighted by molar-refractivity contribution is 8.02. The normalized spacial score (nSPS) is 22.7. The molecule has 0 aromatic carbocycles. The average molecular weight is 186 g/mol. The lowest BCUT2D eigenvalue weighted by molar-refractivity contribution is 0.354. The van der Waals surface area contributed by atoms with E-state index in [2.05, 4.69) is 36.5 Å². The third kappa shape index (κ3) is 3.07. The Bertz CT molecular complexity index is 168. The van der Waals surface area contributed by atoms with Crippen molar-refractivity contribution in [3.05, 3.63) is 11.1 Å². The van der Waals surface area contributed by atoms with Gasteiger partial charge in [0.2, 0.25) is 0 Å². The van der Waals surface area contributed by atoms with Crippen LogP contribution in [-0.4, -0.2) is 30.4 Å². The fourth-order valence-corrected chi connectivity index (χ4v) is 1.89. The van der Waals surface area contributed by atoms with E-state index in [1.165, 1.54) is 5.70 Å². The van der Waals surface area contributed by atoms with E-state index in [-0.39, 0.29) is 0 Å². The second-order valence-corrected chi connectivity index (χ2v) is 4.43. The Morgan fingerprint density at radius 1 is 1.67 bits per heavy atom. The molecule has 1 heterocycles. The largest absolute Gasteiger partial charge is 0.376 e. The zero-order valence-electron chi connectivity index (χ0n) is 8.13. The first-order valence-corrected chi connectivity index (χ1v) is 5.46. The van der Waals surface area contributed by atoms with Crippen LogP contribution in [-0.2, 0) is 0 Å². The molecule has 1 atom stereocenters. The van der Waals surface area contributed by atoms with Gasteiger partial charge in [0.25, 0.3) is 0 Å². The number of nitrogens with zero attached hydrogens (tertiary/aromatic N) is 1. The van der Waals surface area contributed by atoms with Gasteiger partial charge in [-0.05, 0) is 25.9 Å². The Hall–Kier alpha value is -0.150. The molecule has 70 valence electrons. The third-order valence-electron chi connectivity index (χ3n) is 2.11. The smallest absolute Gasteiger partial charge is 0.0732 e. The van der Waals surface area contributed by atoms with Crippen LogP contribution in [0.5, 0.6) is 0 Å². The molecule has 0 bridgehead atoms. The summed E-state index contributed by atoms with van der Waals surface area (Å²) < 4.78 is 0. The zero-order chi connectivity index (χ0) is 8.97. The van der Waals surface area contributed by atoms with E-state index >= 15 is 0 Å². The molecule has 12 heavy (non-hydrogen) atoms. The van der Waals surface area contributed by atoms with Crippen molar-refractivity contribution in [1.82, 2.24) is 10.2 Å². The lowest BCUT2D eigenvalue weighted by Gasteiger charge is -2.14. The van der Waals surface area contributed by atoms with Crippen molar-refractivity contribution >= 4 is 11.8 Å². The average Bonchev–Trinajstić information content (AvgIpc) is 2.47. The Kier molecular flexibility index (Phi) is 3.95. The molecule has 2 nitrogen and oxygen atoms in total. The molecule has 0 saturated heterocycles. The van der Waals surface area contributed by atoms with E-state index in [1.807, 2.05) is 11.8 Å². The molecule has 3 heteroatoms. The van der Waals surface area contributed by atoms with Crippen LogP contribution < -0.4 is 5.32 Å². The minimum absolute atomic E-state index is 0.576. The number of thioether (sulfide) groups is 1. The Labute approximate surface area is 79.4 Å². The van der Waals surface area contributed by atoms with Crippen molar-refractivity contribution in [1.29, 1.82) is 0 Å². The molecular formula is C9H18N2S. The maximum absolute atomic E-state index is 3.43. The molecule has 0 fully saturated rings. The summed E-state index contributed by atoms with van der Waals surface area (Å²) in [7, 11) is 2.16. The molecule has 1 N–H and O–H groups in total. The lowest BCUT2D eigenvalue weighted by Crippen LogP contribution is -2.23. The molecule has 0 radical (unpaired) electrons. The van der Waals surface area contributed by atoms with Crippen LogP contribution in [0.2, 0.25) is 0 Å². The van der Waals surface area contributed by atoms with Gasteiger partial charge in [0.1, 0.15) is 0 Å². The molecule has 1 rings (SSSR count). The quantitative estimate of drug-likeness (QED) is 0.721. The summed E-state index contributed by atoms with van der Waals surface area (Å²) in [5.41, 5.74) is 1.40.